The van der Waals surface area contributed by atoms with Crippen molar-refractivity contribution in [2.75, 3.05) is 0 Å². The molecule has 0 fully saturated rings. The van der Waals surface area contributed by atoms with Crippen LogP contribution < -0.4 is 4.43 Å². The third-order valence-corrected chi connectivity index (χ3v) is 8.25. The fourth-order valence-electron chi connectivity index (χ4n) is 3.75. The number of rotatable bonds is 12. The lowest BCUT2D eigenvalue weighted by atomic mass is 9.89. The highest BCUT2D eigenvalue weighted by Crippen LogP contribution is 2.47. The molecule has 0 unspecified atom stereocenters. The molecule has 25 heavy (non-hydrogen) atoms. The summed E-state index contributed by atoms with van der Waals surface area (Å²) in [6.45, 7) is 9.31. The van der Waals surface area contributed by atoms with Crippen LogP contribution in [0.2, 0.25) is 11.6 Å². The lowest BCUT2D eigenvalue weighted by Crippen LogP contribution is -2.36. The van der Waals surface area contributed by atoms with Crippen LogP contribution in [0.5, 0.6) is 5.75 Å². The number of aromatic amines is 1. The van der Waals surface area contributed by atoms with Crippen LogP contribution in [0, 0.1) is 0 Å². The number of aromatic nitrogens is 2. The van der Waals surface area contributed by atoms with Gasteiger partial charge in [-0.2, -0.15) is 5.10 Å². The Hall–Kier alpha value is -1.29. The Labute approximate surface area is 155 Å². The molecule has 1 N–H and O–H groups in total. The van der Waals surface area contributed by atoms with Crippen molar-refractivity contribution in [2.45, 2.75) is 90.1 Å². The van der Waals surface area contributed by atoms with Gasteiger partial charge in [-0.05, 0) is 37.9 Å². The Bertz CT molecular complexity index is 603. The molecular weight excluding hydrogens is 324 g/mol. The van der Waals surface area contributed by atoms with Gasteiger partial charge >= 0.3 is 0 Å². The van der Waals surface area contributed by atoms with E-state index in [-0.39, 0.29) is 0 Å². The van der Waals surface area contributed by atoms with Crippen LogP contribution in [-0.2, 0) is 0 Å². The Kier molecular flexibility index (Phi) is 8.01. The van der Waals surface area contributed by atoms with Gasteiger partial charge in [-0.3, -0.25) is 5.10 Å². The molecule has 2 aromatic rings. The molecule has 0 aliphatic rings. The van der Waals surface area contributed by atoms with E-state index >= 15 is 0 Å². The number of hydrogen-bond acceptors (Lipinski definition) is 2. The topological polar surface area (TPSA) is 37.9 Å². The molecule has 0 aliphatic heterocycles. The summed E-state index contributed by atoms with van der Waals surface area (Å²) in [4.78, 5) is 0. The van der Waals surface area contributed by atoms with Crippen LogP contribution in [0.4, 0.5) is 0 Å². The third kappa shape index (κ3) is 5.10. The molecule has 1 aromatic heterocycles. The van der Waals surface area contributed by atoms with Crippen molar-refractivity contribution in [1.29, 1.82) is 0 Å². The van der Waals surface area contributed by atoms with E-state index in [0.717, 1.165) is 16.7 Å². The van der Waals surface area contributed by atoms with Crippen LogP contribution in [0.25, 0.3) is 10.9 Å². The Morgan fingerprint density at radius 1 is 1.00 bits per heavy atom. The molecule has 0 saturated carbocycles. The number of nitrogens with zero attached hydrogens (tertiary/aromatic N) is 1. The largest absolute Gasteiger partial charge is 0.541 e. The van der Waals surface area contributed by atoms with Crippen LogP contribution in [0.15, 0.2) is 24.4 Å². The molecule has 0 bridgehead atoms. The van der Waals surface area contributed by atoms with Crippen molar-refractivity contribution in [1.82, 2.24) is 10.2 Å². The second-order valence-electron chi connectivity index (χ2n) is 7.34. The van der Waals surface area contributed by atoms with E-state index in [9.17, 15) is 0 Å². The maximum absolute atomic E-state index is 6.68. The van der Waals surface area contributed by atoms with Crippen molar-refractivity contribution in [2.24, 2.45) is 0 Å². The first-order chi connectivity index (χ1) is 12.2. The molecule has 2 rings (SSSR count). The fraction of sp³-hybridized carbons (Fsp3) is 0.667. The van der Waals surface area contributed by atoms with Crippen LogP contribution in [0.1, 0.15) is 78.6 Å². The van der Waals surface area contributed by atoms with E-state index in [4.69, 9.17) is 4.43 Å². The van der Waals surface area contributed by atoms with Gasteiger partial charge in [-0.1, -0.05) is 65.4 Å². The first-order valence-electron chi connectivity index (χ1n) is 10.1. The van der Waals surface area contributed by atoms with Gasteiger partial charge in [0.25, 0.3) is 9.04 Å². The summed E-state index contributed by atoms with van der Waals surface area (Å²) in [5.41, 5.74) is 1.06. The monoisotopic (exact) mass is 359 g/mol. The number of benzene rings is 1. The van der Waals surface area contributed by atoms with E-state index in [2.05, 4.69) is 55.7 Å². The van der Waals surface area contributed by atoms with Gasteiger partial charge in [0, 0.05) is 5.04 Å². The van der Waals surface area contributed by atoms with Gasteiger partial charge in [0.2, 0.25) is 0 Å². The third-order valence-electron chi connectivity index (χ3n) is 5.48. The minimum absolute atomic E-state index is 0.387. The Morgan fingerprint density at radius 2 is 1.60 bits per heavy atom. The number of nitrogens with one attached hydrogen (secondary N) is 1. The number of unbranched alkanes of at least 4 members (excludes halogenated alkanes) is 3. The van der Waals surface area contributed by atoms with Crippen molar-refractivity contribution < 1.29 is 4.43 Å². The summed E-state index contributed by atoms with van der Waals surface area (Å²) in [5.74, 6) is 1.01. The summed E-state index contributed by atoms with van der Waals surface area (Å²) in [5, 5.41) is 8.74. The molecule has 0 saturated heterocycles. The minimum atomic E-state index is -0.967. The van der Waals surface area contributed by atoms with Gasteiger partial charge in [-0.25, -0.2) is 0 Å². The zero-order valence-corrected chi connectivity index (χ0v) is 17.5. The number of fused-ring (bicyclic) bond motifs is 1. The number of hydrogen-bond donors (Lipinski definition) is 1. The zero-order valence-electron chi connectivity index (χ0n) is 16.5. The average Bonchev–Trinajstić information content (AvgIpc) is 3.11. The molecular formula is C21H35N2OSi. The molecule has 1 heterocycles. The number of H-pyrrole nitrogens is 1. The van der Waals surface area contributed by atoms with Crippen LogP contribution >= 0.6 is 0 Å². The summed E-state index contributed by atoms with van der Waals surface area (Å²) < 4.78 is 6.68. The van der Waals surface area contributed by atoms with Gasteiger partial charge in [0.1, 0.15) is 5.75 Å². The molecule has 0 spiro atoms. The van der Waals surface area contributed by atoms with E-state index in [1.54, 1.807) is 0 Å². The second kappa shape index (κ2) is 10.0. The summed E-state index contributed by atoms with van der Waals surface area (Å²) in [7, 11) is -0.967. The summed E-state index contributed by atoms with van der Waals surface area (Å²) in [6, 6.07) is 6.24. The molecule has 0 atom stereocenters. The molecule has 0 amide bonds. The summed E-state index contributed by atoms with van der Waals surface area (Å²) >= 11 is 0. The highest BCUT2D eigenvalue weighted by molar-refractivity contribution is 6.55. The molecule has 4 heteroatoms. The van der Waals surface area contributed by atoms with Crippen LogP contribution in [-0.4, -0.2) is 19.2 Å². The molecule has 1 radical (unpaired) electrons. The Morgan fingerprint density at radius 3 is 2.16 bits per heavy atom. The van der Waals surface area contributed by atoms with E-state index < -0.39 is 9.04 Å². The maximum Gasteiger partial charge on any atom is 0.284 e. The SMILES string of the molecule is CCCCC(CCCC)(CCCC)[Si](C)Oc1cccc2[nH]ncc12. The second-order valence-corrected chi connectivity index (χ2v) is 9.71. The standard InChI is InChI=1S/C21H35N2OSi/c1-5-8-14-21(15-9-6-2,16-10-7-3)25(4)24-20-13-11-12-19-18(20)17-22-23-19/h11-13,17H,5-10,14-16H2,1-4H3,(H,22,23). The van der Waals surface area contributed by atoms with Crippen molar-refractivity contribution in [3.8, 4) is 5.75 Å². The first-order valence-corrected chi connectivity index (χ1v) is 12.0. The lowest BCUT2D eigenvalue weighted by molar-refractivity contribution is 0.358. The maximum atomic E-state index is 6.68. The minimum Gasteiger partial charge on any atom is -0.541 e. The van der Waals surface area contributed by atoms with E-state index in [1.807, 2.05) is 6.20 Å². The van der Waals surface area contributed by atoms with E-state index in [1.165, 1.54) is 57.8 Å². The van der Waals surface area contributed by atoms with Gasteiger partial charge in [0.15, 0.2) is 0 Å². The van der Waals surface area contributed by atoms with Crippen molar-refractivity contribution >= 4 is 19.9 Å². The molecule has 139 valence electrons. The normalized spacial score (nSPS) is 12.2. The van der Waals surface area contributed by atoms with Crippen molar-refractivity contribution in [3.63, 3.8) is 0 Å². The zero-order chi connectivity index (χ0) is 18.1. The molecule has 3 nitrogen and oxygen atoms in total. The molecule has 1 aromatic carbocycles. The Balaban J connectivity index is 2.24. The fourth-order valence-corrected chi connectivity index (χ4v) is 6.06. The van der Waals surface area contributed by atoms with Gasteiger partial charge < -0.3 is 4.43 Å². The van der Waals surface area contributed by atoms with E-state index in [0.29, 0.717) is 5.04 Å². The average molecular weight is 360 g/mol. The van der Waals surface area contributed by atoms with Gasteiger partial charge in [0.05, 0.1) is 17.1 Å². The quantitative estimate of drug-likeness (QED) is 0.420. The highest BCUT2D eigenvalue weighted by atomic mass is 28.3. The predicted octanol–water partition coefficient (Wildman–Crippen LogP) is 6.87. The predicted molar refractivity (Wildman–Crippen MR) is 110 cm³/mol. The van der Waals surface area contributed by atoms with Crippen molar-refractivity contribution in [3.05, 3.63) is 24.4 Å². The smallest absolute Gasteiger partial charge is 0.284 e. The summed E-state index contributed by atoms with van der Waals surface area (Å²) in [6.07, 6.45) is 13.6. The first kappa shape index (κ1) is 20.0. The highest BCUT2D eigenvalue weighted by Gasteiger charge is 2.39. The molecule has 0 aliphatic carbocycles. The van der Waals surface area contributed by atoms with Crippen LogP contribution in [0.3, 0.4) is 0 Å². The lowest BCUT2D eigenvalue weighted by Gasteiger charge is -2.38. The van der Waals surface area contributed by atoms with Gasteiger partial charge in [-0.15, -0.1) is 0 Å².